The van der Waals surface area contributed by atoms with E-state index >= 15 is 0 Å². The minimum absolute atomic E-state index is 0.361. The maximum absolute atomic E-state index is 5.60. The van der Waals surface area contributed by atoms with Crippen LogP contribution in [0.15, 0.2) is 12.1 Å². The van der Waals surface area contributed by atoms with Gasteiger partial charge < -0.3 is 19.7 Å². The second kappa shape index (κ2) is 5.16. The number of nitrogens with zero attached hydrogens (tertiary/aromatic N) is 1. The number of hydrogen-bond acceptors (Lipinski definition) is 4. The largest absolute Gasteiger partial charge is 0.454 e. The number of piperazine rings is 1. The van der Waals surface area contributed by atoms with Crippen molar-refractivity contribution in [1.82, 2.24) is 10.2 Å². The van der Waals surface area contributed by atoms with Gasteiger partial charge in [0.25, 0.3) is 0 Å². The molecule has 0 saturated carbocycles. The summed E-state index contributed by atoms with van der Waals surface area (Å²) in [7, 11) is 0. The Balaban J connectivity index is 1.70. The van der Waals surface area contributed by atoms with E-state index in [4.69, 9.17) is 9.47 Å². The fraction of sp³-hybridized carbons (Fsp3) is 0.571. The quantitative estimate of drug-likeness (QED) is 0.870. The molecule has 4 nitrogen and oxygen atoms in total. The molecule has 0 atom stereocenters. The molecule has 0 bridgehead atoms. The minimum Gasteiger partial charge on any atom is -0.454 e. The van der Waals surface area contributed by atoms with Gasteiger partial charge in [0.15, 0.2) is 11.5 Å². The van der Waals surface area contributed by atoms with E-state index in [1.54, 1.807) is 0 Å². The van der Waals surface area contributed by atoms with Gasteiger partial charge in [-0.25, -0.2) is 0 Å². The number of aryl methyl sites for hydroxylation is 1. The molecule has 0 aromatic heterocycles. The van der Waals surface area contributed by atoms with Gasteiger partial charge in [0, 0.05) is 38.3 Å². The average Bonchev–Trinajstić information content (AvgIpc) is 2.87. The van der Waals surface area contributed by atoms with Crippen LogP contribution in [0.1, 0.15) is 11.1 Å². The molecular weight excluding hydrogens is 228 g/mol. The molecule has 1 fully saturated rings. The lowest BCUT2D eigenvalue weighted by Gasteiger charge is -2.27. The number of hydrogen-bond donors (Lipinski definition) is 1. The second-order valence-corrected chi connectivity index (χ2v) is 4.94. The van der Waals surface area contributed by atoms with E-state index in [9.17, 15) is 0 Å². The zero-order valence-electron chi connectivity index (χ0n) is 10.9. The fourth-order valence-corrected chi connectivity index (χ4v) is 2.64. The predicted molar refractivity (Wildman–Crippen MR) is 70.3 cm³/mol. The number of fused-ring (bicyclic) bond motifs is 1. The molecule has 0 spiro atoms. The van der Waals surface area contributed by atoms with E-state index in [1.165, 1.54) is 11.1 Å². The predicted octanol–water partition coefficient (Wildman–Crippen LogP) is 1.17. The first-order valence-corrected chi connectivity index (χ1v) is 6.66. The molecule has 98 valence electrons. The van der Waals surface area contributed by atoms with Gasteiger partial charge in [-0.05, 0) is 25.0 Å². The summed E-state index contributed by atoms with van der Waals surface area (Å²) >= 11 is 0. The molecule has 1 N–H and O–H groups in total. The summed E-state index contributed by atoms with van der Waals surface area (Å²) < 4.78 is 11.0. The summed E-state index contributed by atoms with van der Waals surface area (Å²) in [5.41, 5.74) is 2.61. The van der Waals surface area contributed by atoms with Crippen LogP contribution in [-0.4, -0.2) is 44.4 Å². The van der Waals surface area contributed by atoms with Crippen molar-refractivity contribution in [3.63, 3.8) is 0 Å². The zero-order valence-corrected chi connectivity index (χ0v) is 10.9. The number of nitrogens with one attached hydrogen (secondary N) is 1. The molecular formula is C14H20N2O2. The fourth-order valence-electron chi connectivity index (χ4n) is 2.64. The molecule has 0 amide bonds. The van der Waals surface area contributed by atoms with E-state index in [-0.39, 0.29) is 0 Å². The van der Waals surface area contributed by atoms with Crippen LogP contribution in [-0.2, 0) is 6.42 Å². The van der Waals surface area contributed by atoms with Crippen molar-refractivity contribution in [1.29, 1.82) is 0 Å². The van der Waals surface area contributed by atoms with E-state index < -0.39 is 0 Å². The Labute approximate surface area is 108 Å². The monoisotopic (exact) mass is 248 g/mol. The standard InChI is InChI=1S/C14H20N2O2/c1-11-2-3-13-14(18-10-17-13)12(11)4-7-16-8-5-15-6-9-16/h2-3,15H,4-10H2,1H3. The second-order valence-electron chi connectivity index (χ2n) is 4.94. The van der Waals surface area contributed by atoms with Crippen LogP contribution in [0.5, 0.6) is 11.5 Å². The Morgan fingerprint density at radius 3 is 2.89 bits per heavy atom. The van der Waals surface area contributed by atoms with Gasteiger partial charge in [-0.2, -0.15) is 0 Å². The van der Waals surface area contributed by atoms with Crippen molar-refractivity contribution < 1.29 is 9.47 Å². The summed E-state index contributed by atoms with van der Waals surface area (Å²) in [6.07, 6.45) is 1.04. The molecule has 0 radical (unpaired) electrons. The zero-order chi connectivity index (χ0) is 12.4. The van der Waals surface area contributed by atoms with Crippen LogP contribution in [0.25, 0.3) is 0 Å². The molecule has 2 aliphatic rings. The molecule has 0 aliphatic carbocycles. The first-order valence-electron chi connectivity index (χ1n) is 6.66. The molecule has 3 rings (SSSR count). The van der Waals surface area contributed by atoms with Crippen molar-refractivity contribution in [2.24, 2.45) is 0 Å². The number of rotatable bonds is 3. The van der Waals surface area contributed by atoms with Crippen molar-refractivity contribution in [3.05, 3.63) is 23.3 Å². The van der Waals surface area contributed by atoms with E-state index in [1.807, 2.05) is 6.07 Å². The highest BCUT2D eigenvalue weighted by Gasteiger charge is 2.20. The molecule has 4 heteroatoms. The van der Waals surface area contributed by atoms with Crippen LogP contribution in [0.2, 0.25) is 0 Å². The van der Waals surface area contributed by atoms with E-state index in [0.717, 1.165) is 50.6 Å². The third-order valence-electron chi connectivity index (χ3n) is 3.76. The SMILES string of the molecule is Cc1ccc2c(c1CCN1CCNCC1)OCO2. The highest BCUT2D eigenvalue weighted by molar-refractivity contribution is 5.51. The van der Waals surface area contributed by atoms with Crippen molar-refractivity contribution in [2.45, 2.75) is 13.3 Å². The van der Waals surface area contributed by atoms with Crippen molar-refractivity contribution >= 4 is 0 Å². The van der Waals surface area contributed by atoms with Gasteiger partial charge in [-0.15, -0.1) is 0 Å². The highest BCUT2D eigenvalue weighted by atomic mass is 16.7. The summed E-state index contributed by atoms with van der Waals surface area (Å²) in [5.74, 6) is 1.86. The maximum Gasteiger partial charge on any atom is 0.231 e. The highest BCUT2D eigenvalue weighted by Crippen LogP contribution is 2.37. The maximum atomic E-state index is 5.60. The lowest BCUT2D eigenvalue weighted by Crippen LogP contribution is -2.44. The van der Waals surface area contributed by atoms with Gasteiger partial charge in [0.05, 0.1) is 0 Å². The lowest BCUT2D eigenvalue weighted by molar-refractivity contribution is 0.173. The summed E-state index contributed by atoms with van der Waals surface area (Å²) in [4.78, 5) is 2.51. The van der Waals surface area contributed by atoms with Crippen LogP contribution in [0.3, 0.4) is 0 Å². The Bertz CT molecular complexity index is 428. The van der Waals surface area contributed by atoms with Crippen LogP contribution in [0, 0.1) is 6.92 Å². The molecule has 2 aliphatic heterocycles. The third kappa shape index (κ3) is 2.31. The van der Waals surface area contributed by atoms with E-state index in [0.29, 0.717) is 6.79 Å². The van der Waals surface area contributed by atoms with Crippen LogP contribution in [0.4, 0.5) is 0 Å². The van der Waals surface area contributed by atoms with Gasteiger partial charge in [0.2, 0.25) is 6.79 Å². The summed E-state index contributed by atoms with van der Waals surface area (Å²) in [5, 5.41) is 3.38. The summed E-state index contributed by atoms with van der Waals surface area (Å²) in [6, 6.07) is 4.13. The van der Waals surface area contributed by atoms with Gasteiger partial charge in [-0.3, -0.25) is 0 Å². The smallest absolute Gasteiger partial charge is 0.231 e. The third-order valence-corrected chi connectivity index (χ3v) is 3.76. The molecule has 18 heavy (non-hydrogen) atoms. The molecule has 2 heterocycles. The Kier molecular flexibility index (Phi) is 3.39. The summed E-state index contributed by atoms with van der Waals surface area (Å²) in [6.45, 7) is 8.10. The van der Waals surface area contributed by atoms with Gasteiger partial charge in [0.1, 0.15) is 0 Å². The number of benzene rings is 1. The topological polar surface area (TPSA) is 33.7 Å². The van der Waals surface area contributed by atoms with Crippen molar-refractivity contribution in [2.75, 3.05) is 39.5 Å². The average molecular weight is 248 g/mol. The van der Waals surface area contributed by atoms with Crippen LogP contribution >= 0.6 is 0 Å². The van der Waals surface area contributed by atoms with Crippen molar-refractivity contribution in [3.8, 4) is 11.5 Å². The molecule has 0 unspecified atom stereocenters. The molecule has 1 aromatic carbocycles. The Morgan fingerprint density at radius 2 is 2.06 bits per heavy atom. The number of ether oxygens (including phenoxy) is 2. The molecule has 1 saturated heterocycles. The molecule has 1 aromatic rings. The minimum atomic E-state index is 0.361. The Morgan fingerprint density at radius 1 is 1.22 bits per heavy atom. The normalized spacial score (nSPS) is 19.2. The van der Waals surface area contributed by atoms with Crippen LogP contribution < -0.4 is 14.8 Å². The first kappa shape index (κ1) is 11.8. The first-order chi connectivity index (χ1) is 8.84. The van der Waals surface area contributed by atoms with E-state index in [2.05, 4.69) is 23.2 Å². The van der Waals surface area contributed by atoms with Gasteiger partial charge >= 0.3 is 0 Å². The van der Waals surface area contributed by atoms with Gasteiger partial charge in [-0.1, -0.05) is 6.07 Å². The lowest BCUT2D eigenvalue weighted by atomic mass is 10.0. The Hall–Kier alpha value is -1.26.